The molecule has 1 aromatic heterocycles. The van der Waals surface area contributed by atoms with Crippen molar-refractivity contribution in [1.29, 1.82) is 0 Å². The number of aryl methyl sites for hydroxylation is 1. The second-order valence-corrected chi connectivity index (χ2v) is 6.33. The van der Waals surface area contributed by atoms with Gasteiger partial charge in [0.1, 0.15) is 5.15 Å². The number of amides is 1. The second kappa shape index (κ2) is 7.23. The Bertz CT molecular complexity index is 506. The number of rotatable bonds is 4. The Kier molecular flexibility index (Phi) is 5.59. The van der Waals surface area contributed by atoms with Gasteiger partial charge in [0.15, 0.2) is 0 Å². The maximum absolute atomic E-state index is 12.4. The quantitative estimate of drug-likeness (QED) is 0.870. The number of piperidine rings is 1. The summed E-state index contributed by atoms with van der Waals surface area (Å²) >= 11 is 6.02. The average Bonchev–Trinajstić information content (AvgIpc) is 2.42. The lowest BCUT2D eigenvalue weighted by Gasteiger charge is -2.35. The molecule has 1 fully saturated rings. The lowest BCUT2D eigenvalue weighted by molar-refractivity contribution is 0.0896. The molecule has 0 bridgehead atoms. The largest absolute Gasteiger partial charge is 0.349 e. The van der Waals surface area contributed by atoms with Crippen LogP contribution in [0, 0.1) is 0 Å². The van der Waals surface area contributed by atoms with Crippen LogP contribution in [-0.2, 0) is 6.42 Å². The summed E-state index contributed by atoms with van der Waals surface area (Å²) < 4.78 is 0. The van der Waals surface area contributed by atoms with Gasteiger partial charge < -0.3 is 10.2 Å². The predicted molar refractivity (Wildman–Crippen MR) is 85.8 cm³/mol. The van der Waals surface area contributed by atoms with Crippen molar-refractivity contribution >= 4 is 17.5 Å². The number of hydrogen-bond donors (Lipinski definition) is 1. The van der Waals surface area contributed by atoms with Gasteiger partial charge in [-0.1, -0.05) is 24.9 Å². The molecule has 1 aliphatic heterocycles. The standard InChI is InChI=1S/C16H24ClN3O/c1-4-5-13-9-12(10-15(17)18-13)16(21)19-14-6-7-20(3)11(2)8-14/h9-11,14H,4-8H2,1-3H3,(H,19,21). The fraction of sp³-hybridized carbons (Fsp3) is 0.625. The van der Waals surface area contributed by atoms with Crippen LogP contribution in [0.25, 0.3) is 0 Å². The van der Waals surface area contributed by atoms with Gasteiger partial charge in [-0.05, 0) is 45.4 Å². The Morgan fingerprint density at radius 2 is 2.29 bits per heavy atom. The molecule has 1 aromatic rings. The predicted octanol–water partition coefficient (Wildman–Crippen LogP) is 2.90. The number of carbonyl (C=O) groups excluding carboxylic acids is 1. The van der Waals surface area contributed by atoms with Gasteiger partial charge in [0.2, 0.25) is 0 Å². The highest BCUT2D eigenvalue weighted by atomic mass is 35.5. The van der Waals surface area contributed by atoms with E-state index >= 15 is 0 Å². The smallest absolute Gasteiger partial charge is 0.251 e. The van der Waals surface area contributed by atoms with Crippen LogP contribution in [0.4, 0.5) is 0 Å². The molecule has 5 heteroatoms. The molecule has 2 atom stereocenters. The molecule has 2 unspecified atom stereocenters. The summed E-state index contributed by atoms with van der Waals surface area (Å²) in [5.74, 6) is -0.0431. The molecule has 1 N–H and O–H groups in total. The number of aromatic nitrogens is 1. The number of carbonyl (C=O) groups is 1. The normalized spacial score (nSPS) is 23.0. The number of halogens is 1. The number of hydrogen-bond acceptors (Lipinski definition) is 3. The van der Waals surface area contributed by atoms with E-state index in [-0.39, 0.29) is 11.9 Å². The van der Waals surface area contributed by atoms with Crippen LogP contribution < -0.4 is 5.32 Å². The Hall–Kier alpha value is -1.13. The Labute approximate surface area is 131 Å². The van der Waals surface area contributed by atoms with Gasteiger partial charge in [0.05, 0.1) is 0 Å². The highest BCUT2D eigenvalue weighted by Crippen LogP contribution is 2.17. The monoisotopic (exact) mass is 309 g/mol. The number of nitrogens with one attached hydrogen (secondary N) is 1. The molecule has 4 nitrogen and oxygen atoms in total. The van der Waals surface area contributed by atoms with Crippen LogP contribution in [-0.4, -0.2) is 41.5 Å². The maximum Gasteiger partial charge on any atom is 0.251 e. The fourth-order valence-electron chi connectivity index (χ4n) is 2.76. The van der Waals surface area contributed by atoms with Gasteiger partial charge in [0.25, 0.3) is 5.91 Å². The molecule has 0 radical (unpaired) electrons. The lowest BCUT2D eigenvalue weighted by atomic mass is 9.98. The van der Waals surface area contributed by atoms with E-state index in [4.69, 9.17) is 11.6 Å². The third-order valence-electron chi connectivity index (χ3n) is 4.16. The second-order valence-electron chi connectivity index (χ2n) is 5.94. The van der Waals surface area contributed by atoms with E-state index in [0.717, 1.165) is 37.9 Å². The van der Waals surface area contributed by atoms with Crippen LogP contribution in [0.2, 0.25) is 5.15 Å². The van der Waals surface area contributed by atoms with Gasteiger partial charge in [-0.2, -0.15) is 0 Å². The van der Waals surface area contributed by atoms with Gasteiger partial charge in [-0.15, -0.1) is 0 Å². The molecule has 1 amide bonds. The third kappa shape index (κ3) is 4.42. The van der Waals surface area contributed by atoms with Crippen molar-refractivity contribution in [3.8, 4) is 0 Å². The minimum Gasteiger partial charge on any atom is -0.349 e. The lowest BCUT2D eigenvalue weighted by Crippen LogP contribution is -2.47. The van der Waals surface area contributed by atoms with E-state index in [1.54, 1.807) is 6.07 Å². The van der Waals surface area contributed by atoms with Crippen LogP contribution in [0.15, 0.2) is 12.1 Å². The maximum atomic E-state index is 12.4. The number of nitrogens with zero attached hydrogens (tertiary/aromatic N) is 2. The molecule has 2 heterocycles. The van der Waals surface area contributed by atoms with Crippen molar-refractivity contribution in [1.82, 2.24) is 15.2 Å². The minimum absolute atomic E-state index is 0.0431. The van der Waals surface area contributed by atoms with E-state index < -0.39 is 0 Å². The fourth-order valence-corrected chi connectivity index (χ4v) is 2.98. The molecule has 1 saturated heterocycles. The zero-order valence-electron chi connectivity index (χ0n) is 13.0. The first-order valence-corrected chi connectivity index (χ1v) is 8.05. The van der Waals surface area contributed by atoms with E-state index in [0.29, 0.717) is 16.8 Å². The minimum atomic E-state index is -0.0431. The molecular weight excluding hydrogens is 286 g/mol. The Morgan fingerprint density at radius 3 is 2.95 bits per heavy atom. The molecule has 21 heavy (non-hydrogen) atoms. The summed E-state index contributed by atoms with van der Waals surface area (Å²) in [5.41, 5.74) is 1.50. The van der Waals surface area contributed by atoms with Crippen LogP contribution >= 0.6 is 11.6 Å². The first-order chi connectivity index (χ1) is 9.99. The van der Waals surface area contributed by atoms with E-state index in [9.17, 15) is 4.79 Å². The number of pyridine rings is 1. The van der Waals surface area contributed by atoms with Crippen LogP contribution in [0.3, 0.4) is 0 Å². The molecule has 116 valence electrons. The van der Waals surface area contributed by atoms with Gasteiger partial charge in [-0.25, -0.2) is 4.98 Å². The van der Waals surface area contributed by atoms with Crippen molar-refractivity contribution < 1.29 is 4.79 Å². The highest BCUT2D eigenvalue weighted by molar-refractivity contribution is 6.29. The molecule has 0 aliphatic carbocycles. The average molecular weight is 310 g/mol. The van der Waals surface area contributed by atoms with Gasteiger partial charge in [-0.3, -0.25) is 4.79 Å². The van der Waals surface area contributed by atoms with Gasteiger partial charge >= 0.3 is 0 Å². The summed E-state index contributed by atoms with van der Waals surface area (Å²) in [7, 11) is 2.13. The molecular formula is C16H24ClN3O. The Balaban J connectivity index is 2.03. The van der Waals surface area contributed by atoms with Gasteiger partial charge in [0, 0.05) is 29.9 Å². The zero-order chi connectivity index (χ0) is 15.4. The van der Waals surface area contributed by atoms with Crippen LogP contribution in [0.5, 0.6) is 0 Å². The summed E-state index contributed by atoms with van der Waals surface area (Å²) in [4.78, 5) is 19.0. The topological polar surface area (TPSA) is 45.2 Å². The van der Waals surface area contributed by atoms with Crippen molar-refractivity contribution in [3.63, 3.8) is 0 Å². The van der Waals surface area contributed by atoms with E-state index in [1.165, 1.54) is 0 Å². The molecule has 1 aliphatic rings. The summed E-state index contributed by atoms with van der Waals surface area (Å²) in [6.07, 6.45) is 3.81. The van der Waals surface area contributed by atoms with Crippen LogP contribution in [0.1, 0.15) is 49.2 Å². The molecule has 0 saturated carbocycles. The highest BCUT2D eigenvalue weighted by Gasteiger charge is 2.24. The van der Waals surface area contributed by atoms with Crippen molar-refractivity contribution in [2.45, 2.75) is 51.6 Å². The molecule has 0 aromatic carbocycles. The van der Waals surface area contributed by atoms with Crippen molar-refractivity contribution in [2.24, 2.45) is 0 Å². The molecule has 2 rings (SSSR count). The zero-order valence-corrected chi connectivity index (χ0v) is 13.8. The van der Waals surface area contributed by atoms with Crippen molar-refractivity contribution in [2.75, 3.05) is 13.6 Å². The first kappa shape index (κ1) is 16.2. The summed E-state index contributed by atoms with van der Waals surface area (Å²) in [6.45, 7) is 5.30. The van der Waals surface area contributed by atoms with Crippen molar-refractivity contribution in [3.05, 3.63) is 28.5 Å². The Morgan fingerprint density at radius 1 is 1.52 bits per heavy atom. The summed E-state index contributed by atoms with van der Waals surface area (Å²) in [5, 5.41) is 3.52. The first-order valence-electron chi connectivity index (χ1n) is 7.67. The van der Waals surface area contributed by atoms with E-state index in [1.807, 2.05) is 6.07 Å². The number of likely N-dealkylation sites (tertiary alicyclic amines) is 1. The summed E-state index contributed by atoms with van der Waals surface area (Å²) in [6, 6.07) is 4.24. The SMILES string of the molecule is CCCc1cc(C(=O)NC2CCN(C)C(C)C2)cc(Cl)n1. The van der Waals surface area contributed by atoms with E-state index in [2.05, 4.69) is 36.1 Å². The third-order valence-corrected chi connectivity index (χ3v) is 4.35. The molecule has 0 spiro atoms.